The van der Waals surface area contributed by atoms with E-state index in [0.717, 1.165) is 0 Å². The number of ether oxygens (including phenoxy) is 3. The van der Waals surface area contributed by atoms with Crippen LogP contribution in [0.4, 0.5) is 0 Å². The summed E-state index contributed by atoms with van der Waals surface area (Å²) in [4.78, 5) is 11.1. The number of carboxylic acid groups (broad SMARTS) is 1. The summed E-state index contributed by atoms with van der Waals surface area (Å²) in [5, 5.41) is 48.8. The molecule has 2 saturated heterocycles. The van der Waals surface area contributed by atoms with Crippen molar-refractivity contribution in [3.8, 4) is 0 Å². The van der Waals surface area contributed by atoms with Crippen molar-refractivity contribution >= 4 is 16.4 Å². The molecule has 158 valence electrons. The van der Waals surface area contributed by atoms with E-state index < -0.39 is 77.9 Å². The average Bonchev–Trinajstić information content (AvgIpc) is 2.57. The second kappa shape index (κ2) is 8.60. The molecule has 13 nitrogen and oxygen atoms in total. The van der Waals surface area contributed by atoms with Crippen LogP contribution in [0, 0.1) is 5.92 Å². The fraction of sp³-hybridized carbons (Fsp3) is 0.923. The normalized spacial score (nSPS) is 43.4. The largest absolute Gasteiger partial charge is 0.479 e. The summed E-state index contributed by atoms with van der Waals surface area (Å²) in [6.07, 6.45) is -13.3. The zero-order chi connectivity index (χ0) is 20.5. The summed E-state index contributed by atoms with van der Waals surface area (Å²) in [6.45, 7) is 0.828. The summed E-state index contributed by atoms with van der Waals surface area (Å²) in [7, 11) is -4.81. The van der Waals surface area contributed by atoms with Crippen molar-refractivity contribution in [1.82, 2.24) is 0 Å². The predicted octanol–water partition coefficient (Wildman–Crippen LogP) is -3.52. The summed E-state index contributed by atoms with van der Waals surface area (Å²) in [5.74, 6) is -2.12. The number of aliphatic carboxylic acids is 1. The summed E-state index contributed by atoms with van der Waals surface area (Å²) in [6, 6.07) is 0. The Morgan fingerprint density at radius 1 is 1.11 bits per heavy atom. The van der Waals surface area contributed by atoms with Gasteiger partial charge in [-0.25, -0.2) is 8.98 Å². The van der Waals surface area contributed by atoms with Crippen LogP contribution < -0.4 is 0 Å². The molecule has 0 radical (unpaired) electrons. The molecule has 0 aromatic rings. The van der Waals surface area contributed by atoms with E-state index in [1.54, 1.807) is 6.92 Å². The Hall–Kier alpha value is -0.940. The summed E-state index contributed by atoms with van der Waals surface area (Å²) < 4.78 is 50.0. The lowest BCUT2D eigenvalue weighted by Gasteiger charge is -2.44. The zero-order valence-corrected chi connectivity index (χ0v) is 14.9. The van der Waals surface area contributed by atoms with Gasteiger partial charge >= 0.3 is 16.4 Å². The van der Waals surface area contributed by atoms with Gasteiger partial charge in [0, 0.05) is 5.92 Å². The predicted molar refractivity (Wildman–Crippen MR) is 81.6 cm³/mol. The minimum Gasteiger partial charge on any atom is -0.479 e. The lowest BCUT2D eigenvalue weighted by atomic mass is 9.93. The third kappa shape index (κ3) is 5.32. The molecule has 2 aliphatic rings. The average molecular weight is 418 g/mol. The van der Waals surface area contributed by atoms with Gasteiger partial charge < -0.3 is 39.7 Å². The Balaban J connectivity index is 2.16. The second-order valence-corrected chi connectivity index (χ2v) is 7.48. The number of hydrogen-bond acceptors (Lipinski definition) is 11. The summed E-state index contributed by atoms with van der Waals surface area (Å²) in [5.41, 5.74) is 0. The Kier molecular flexibility index (Phi) is 7.12. The van der Waals surface area contributed by atoms with E-state index in [-0.39, 0.29) is 6.61 Å². The molecular weight excluding hydrogens is 396 g/mol. The second-order valence-electron chi connectivity index (χ2n) is 6.39. The molecule has 9 atom stereocenters. The first kappa shape index (κ1) is 22.4. The molecule has 14 heteroatoms. The first-order valence-electron chi connectivity index (χ1n) is 7.91. The van der Waals surface area contributed by atoms with Gasteiger partial charge in [0.05, 0.1) is 19.3 Å². The van der Waals surface area contributed by atoms with Gasteiger partial charge in [0.2, 0.25) is 0 Å². The first-order chi connectivity index (χ1) is 12.4. The molecule has 2 heterocycles. The van der Waals surface area contributed by atoms with Crippen molar-refractivity contribution in [3.63, 3.8) is 0 Å². The van der Waals surface area contributed by atoms with E-state index in [4.69, 9.17) is 23.9 Å². The van der Waals surface area contributed by atoms with Crippen molar-refractivity contribution in [3.05, 3.63) is 0 Å². The fourth-order valence-corrected chi connectivity index (χ4v) is 3.10. The van der Waals surface area contributed by atoms with Crippen LogP contribution in [0.15, 0.2) is 0 Å². The molecule has 27 heavy (non-hydrogen) atoms. The Morgan fingerprint density at radius 2 is 1.74 bits per heavy atom. The number of carbonyl (C=O) groups is 1. The molecule has 0 aromatic carbocycles. The lowest BCUT2D eigenvalue weighted by molar-refractivity contribution is -0.327. The number of rotatable bonds is 6. The number of aliphatic hydroxyl groups excluding tert-OH is 4. The van der Waals surface area contributed by atoms with Crippen LogP contribution in [0.25, 0.3) is 0 Å². The highest BCUT2D eigenvalue weighted by Gasteiger charge is 2.50. The van der Waals surface area contributed by atoms with Gasteiger partial charge in [0.25, 0.3) is 0 Å². The fourth-order valence-electron chi connectivity index (χ4n) is 2.80. The SMILES string of the molecule is CC1COC(COS(=O)(=O)O)C(OC2OC(C(=O)O)C(O)C(O)C2O)C1O. The number of hydrogen-bond donors (Lipinski definition) is 6. The molecule has 6 N–H and O–H groups in total. The van der Waals surface area contributed by atoms with E-state index in [9.17, 15) is 33.6 Å². The van der Waals surface area contributed by atoms with Gasteiger partial charge in [0.1, 0.15) is 30.5 Å². The van der Waals surface area contributed by atoms with Crippen LogP contribution in [0.2, 0.25) is 0 Å². The van der Waals surface area contributed by atoms with E-state index in [1.165, 1.54) is 0 Å². The lowest BCUT2D eigenvalue weighted by Crippen LogP contribution is -2.63. The van der Waals surface area contributed by atoms with Gasteiger partial charge in [-0.15, -0.1) is 0 Å². The van der Waals surface area contributed by atoms with Crippen LogP contribution in [-0.4, -0.2) is 107 Å². The standard InChI is InChI=1S/C13H22O13S/c1-4-2-23-5(3-24-27(20,21)22)10(6(4)14)25-13-9(17)7(15)8(16)11(26-13)12(18)19/h4-11,13-17H,2-3H2,1H3,(H,18,19)(H,20,21,22). The van der Waals surface area contributed by atoms with Crippen LogP contribution >= 0.6 is 0 Å². The molecule has 0 spiro atoms. The Bertz CT molecular complexity index is 624. The third-order valence-corrected chi connectivity index (χ3v) is 4.78. The highest BCUT2D eigenvalue weighted by molar-refractivity contribution is 7.80. The van der Waals surface area contributed by atoms with Gasteiger partial charge in [-0.3, -0.25) is 4.55 Å². The minimum absolute atomic E-state index is 0.00625. The molecule has 2 fully saturated rings. The maximum atomic E-state index is 11.1. The minimum atomic E-state index is -4.81. The number of carboxylic acids is 1. The van der Waals surface area contributed by atoms with E-state index in [2.05, 4.69) is 4.18 Å². The molecule has 2 aliphatic heterocycles. The Morgan fingerprint density at radius 3 is 2.30 bits per heavy atom. The van der Waals surface area contributed by atoms with Crippen molar-refractivity contribution < 1.29 is 61.7 Å². The highest BCUT2D eigenvalue weighted by atomic mass is 32.3. The molecule has 0 bridgehead atoms. The molecular formula is C13H22O13S. The van der Waals surface area contributed by atoms with Crippen molar-refractivity contribution in [2.24, 2.45) is 5.92 Å². The smallest absolute Gasteiger partial charge is 0.397 e. The van der Waals surface area contributed by atoms with Crippen molar-refractivity contribution in [2.75, 3.05) is 13.2 Å². The molecule has 9 unspecified atom stereocenters. The van der Waals surface area contributed by atoms with E-state index >= 15 is 0 Å². The Labute approximate surface area is 154 Å². The third-order valence-electron chi connectivity index (χ3n) is 4.34. The van der Waals surface area contributed by atoms with Crippen LogP contribution in [0.5, 0.6) is 0 Å². The van der Waals surface area contributed by atoms with Crippen LogP contribution in [0.3, 0.4) is 0 Å². The first-order valence-corrected chi connectivity index (χ1v) is 9.28. The zero-order valence-electron chi connectivity index (χ0n) is 14.1. The molecule has 2 rings (SSSR count). The monoisotopic (exact) mass is 418 g/mol. The van der Waals surface area contributed by atoms with Gasteiger partial charge in [-0.05, 0) is 0 Å². The molecule has 0 saturated carbocycles. The molecule has 0 amide bonds. The number of aliphatic hydroxyl groups is 4. The van der Waals surface area contributed by atoms with Crippen LogP contribution in [-0.2, 0) is 33.6 Å². The summed E-state index contributed by atoms with van der Waals surface area (Å²) >= 11 is 0. The highest BCUT2D eigenvalue weighted by Crippen LogP contribution is 2.29. The van der Waals surface area contributed by atoms with Gasteiger partial charge in [0.15, 0.2) is 12.4 Å². The quantitative estimate of drug-likeness (QED) is 0.231. The van der Waals surface area contributed by atoms with E-state index in [1.807, 2.05) is 0 Å². The maximum absolute atomic E-state index is 11.1. The van der Waals surface area contributed by atoms with Gasteiger partial charge in [-0.2, -0.15) is 8.42 Å². The van der Waals surface area contributed by atoms with Gasteiger partial charge in [-0.1, -0.05) is 6.92 Å². The van der Waals surface area contributed by atoms with Crippen LogP contribution in [0.1, 0.15) is 6.92 Å². The van der Waals surface area contributed by atoms with Crippen molar-refractivity contribution in [1.29, 1.82) is 0 Å². The topological polar surface area (TPSA) is 210 Å². The van der Waals surface area contributed by atoms with Crippen molar-refractivity contribution in [2.45, 2.75) is 55.9 Å². The molecule has 0 aliphatic carbocycles. The maximum Gasteiger partial charge on any atom is 0.397 e. The molecule has 0 aromatic heterocycles. The van der Waals surface area contributed by atoms with E-state index in [0.29, 0.717) is 0 Å².